The van der Waals surface area contributed by atoms with E-state index < -0.39 is 9.84 Å². The predicted molar refractivity (Wildman–Crippen MR) is 243 cm³/mol. The standard InChI is InChI=1S/C54H38N2O2S/c57-59(58)53-25-12-10-23-51(53)56(52-24-11-13-26-54(52)59)49-22-14-21-44(36-49)43-29-33-48(34-30-43)55(47-31-27-42(28-32-47)39-15-4-1-5-16-39)50-37-45(40-17-6-2-7-18-40)35-46(38-50)41-19-8-3-9-20-41/h1-38H. The molecule has 1 heterocycles. The lowest BCUT2D eigenvalue weighted by molar-refractivity contribution is 0.595. The van der Waals surface area contributed by atoms with Gasteiger partial charge in [0.05, 0.1) is 21.2 Å². The van der Waals surface area contributed by atoms with Gasteiger partial charge in [-0.05, 0) is 123 Å². The molecule has 59 heavy (non-hydrogen) atoms. The molecule has 0 radical (unpaired) electrons. The molecule has 5 heteroatoms. The fraction of sp³-hybridized carbons (Fsp3) is 0. The lowest BCUT2D eigenvalue weighted by Crippen LogP contribution is -2.22. The number of hydrogen-bond donors (Lipinski definition) is 0. The molecule has 0 amide bonds. The first kappa shape index (κ1) is 35.9. The summed E-state index contributed by atoms with van der Waals surface area (Å²) in [5.74, 6) is 0. The molecule has 0 atom stereocenters. The Morgan fingerprint density at radius 3 is 1.19 bits per heavy atom. The number of rotatable bonds is 8. The molecule has 1 aliphatic heterocycles. The van der Waals surface area contributed by atoms with E-state index in [-0.39, 0.29) is 0 Å². The van der Waals surface area contributed by atoms with Crippen molar-refractivity contribution in [3.8, 4) is 44.5 Å². The van der Waals surface area contributed by atoms with E-state index in [0.717, 1.165) is 61.7 Å². The normalized spacial score (nSPS) is 12.6. The number of fused-ring (bicyclic) bond motifs is 2. The average molecular weight is 779 g/mol. The summed E-state index contributed by atoms with van der Waals surface area (Å²) in [5, 5.41) is 0. The second-order valence-electron chi connectivity index (χ2n) is 14.6. The minimum atomic E-state index is -3.66. The van der Waals surface area contributed by atoms with Crippen molar-refractivity contribution >= 4 is 44.0 Å². The molecule has 0 bridgehead atoms. The van der Waals surface area contributed by atoms with Crippen molar-refractivity contribution in [3.05, 3.63) is 231 Å². The zero-order chi connectivity index (χ0) is 39.8. The van der Waals surface area contributed by atoms with Gasteiger partial charge in [-0.3, -0.25) is 0 Å². The monoisotopic (exact) mass is 778 g/mol. The molecular weight excluding hydrogens is 741 g/mol. The SMILES string of the molecule is O=S1(=O)c2ccccc2N(c2cccc(-c3ccc(N(c4ccc(-c5ccccc5)cc4)c4cc(-c5ccccc5)cc(-c5ccccc5)c4)cc3)c2)c2ccccc21. The predicted octanol–water partition coefficient (Wildman–Crippen LogP) is 14.4. The fourth-order valence-corrected chi connectivity index (χ4v) is 9.73. The number of hydrogen-bond acceptors (Lipinski definition) is 4. The van der Waals surface area contributed by atoms with Crippen LogP contribution in [-0.4, -0.2) is 8.42 Å². The molecule has 9 aromatic carbocycles. The third kappa shape index (κ3) is 6.78. The van der Waals surface area contributed by atoms with Crippen molar-refractivity contribution < 1.29 is 8.42 Å². The Hall–Kier alpha value is -7.47. The Morgan fingerprint density at radius 2 is 0.695 bits per heavy atom. The molecule has 282 valence electrons. The van der Waals surface area contributed by atoms with Crippen LogP contribution in [0.1, 0.15) is 0 Å². The van der Waals surface area contributed by atoms with Crippen molar-refractivity contribution in [2.24, 2.45) is 0 Å². The van der Waals surface area contributed by atoms with Crippen LogP contribution in [0.2, 0.25) is 0 Å². The maximum absolute atomic E-state index is 13.7. The molecule has 0 N–H and O–H groups in total. The summed E-state index contributed by atoms with van der Waals surface area (Å²) in [6.07, 6.45) is 0. The van der Waals surface area contributed by atoms with Crippen LogP contribution >= 0.6 is 0 Å². The van der Waals surface area contributed by atoms with Gasteiger partial charge >= 0.3 is 0 Å². The van der Waals surface area contributed by atoms with E-state index in [2.05, 4.69) is 174 Å². The smallest absolute Gasteiger partial charge is 0.210 e. The van der Waals surface area contributed by atoms with Gasteiger partial charge < -0.3 is 9.80 Å². The summed E-state index contributed by atoms with van der Waals surface area (Å²) < 4.78 is 27.4. The number of nitrogens with zero attached hydrogens (tertiary/aromatic N) is 2. The largest absolute Gasteiger partial charge is 0.310 e. The van der Waals surface area contributed by atoms with Crippen LogP contribution in [-0.2, 0) is 9.84 Å². The van der Waals surface area contributed by atoms with Gasteiger partial charge in [0, 0.05) is 22.7 Å². The van der Waals surface area contributed by atoms with E-state index >= 15 is 0 Å². The van der Waals surface area contributed by atoms with E-state index in [4.69, 9.17) is 0 Å². The Labute approximate surface area is 345 Å². The second kappa shape index (κ2) is 15.1. The van der Waals surface area contributed by atoms with Crippen LogP contribution in [0.15, 0.2) is 240 Å². The van der Waals surface area contributed by atoms with Crippen LogP contribution in [0.4, 0.5) is 34.1 Å². The third-order valence-corrected chi connectivity index (χ3v) is 12.8. The summed E-state index contributed by atoms with van der Waals surface area (Å²) >= 11 is 0. The van der Waals surface area contributed by atoms with Crippen molar-refractivity contribution in [2.45, 2.75) is 9.79 Å². The van der Waals surface area contributed by atoms with Gasteiger partial charge in [-0.1, -0.05) is 152 Å². The first-order valence-electron chi connectivity index (χ1n) is 19.7. The van der Waals surface area contributed by atoms with Gasteiger partial charge in [-0.2, -0.15) is 0 Å². The summed E-state index contributed by atoms with van der Waals surface area (Å²) in [7, 11) is -3.66. The highest BCUT2D eigenvalue weighted by molar-refractivity contribution is 7.92. The molecule has 0 unspecified atom stereocenters. The van der Waals surface area contributed by atoms with Gasteiger partial charge in [0.2, 0.25) is 9.84 Å². The van der Waals surface area contributed by atoms with Crippen LogP contribution in [0, 0.1) is 0 Å². The van der Waals surface area contributed by atoms with E-state index in [1.165, 1.54) is 5.56 Å². The Bertz CT molecular complexity index is 2930. The lowest BCUT2D eigenvalue weighted by atomic mass is 9.97. The first-order chi connectivity index (χ1) is 29.0. The molecular formula is C54H38N2O2S. The highest BCUT2D eigenvalue weighted by atomic mass is 32.2. The summed E-state index contributed by atoms with van der Waals surface area (Å²) in [5.41, 5.74) is 14.2. The van der Waals surface area contributed by atoms with Gasteiger partial charge in [0.15, 0.2) is 0 Å². The molecule has 0 aliphatic carbocycles. The molecule has 4 nitrogen and oxygen atoms in total. The molecule has 0 spiro atoms. The third-order valence-electron chi connectivity index (χ3n) is 11.0. The Kier molecular flexibility index (Phi) is 9.21. The molecule has 9 aromatic rings. The fourth-order valence-electron chi connectivity index (χ4n) is 8.11. The molecule has 0 saturated carbocycles. The van der Waals surface area contributed by atoms with Crippen molar-refractivity contribution in [2.75, 3.05) is 9.80 Å². The molecule has 10 rings (SSSR count). The maximum Gasteiger partial charge on any atom is 0.210 e. The van der Waals surface area contributed by atoms with Crippen LogP contribution in [0.25, 0.3) is 44.5 Å². The second-order valence-corrected chi connectivity index (χ2v) is 16.5. The van der Waals surface area contributed by atoms with Gasteiger partial charge in [-0.15, -0.1) is 0 Å². The van der Waals surface area contributed by atoms with Gasteiger partial charge in [-0.25, -0.2) is 8.42 Å². The molecule has 0 saturated heterocycles. The van der Waals surface area contributed by atoms with Crippen LogP contribution in [0.5, 0.6) is 0 Å². The number of sulfone groups is 1. The number of para-hydroxylation sites is 2. The van der Waals surface area contributed by atoms with Crippen molar-refractivity contribution in [3.63, 3.8) is 0 Å². The molecule has 0 aromatic heterocycles. The maximum atomic E-state index is 13.7. The summed E-state index contributed by atoms with van der Waals surface area (Å²) in [6.45, 7) is 0. The summed E-state index contributed by atoms with van der Waals surface area (Å²) in [6, 6.07) is 78.7. The van der Waals surface area contributed by atoms with Crippen LogP contribution < -0.4 is 9.80 Å². The van der Waals surface area contributed by atoms with Crippen molar-refractivity contribution in [1.29, 1.82) is 0 Å². The highest BCUT2D eigenvalue weighted by Crippen LogP contribution is 2.48. The van der Waals surface area contributed by atoms with Crippen molar-refractivity contribution in [1.82, 2.24) is 0 Å². The zero-order valence-electron chi connectivity index (χ0n) is 32.1. The van der Waals surface area contributed by atoms with E-state index in [1.54, 1.807) is 24.3 Å². The van der Waals surface area contributed by atoms with Gasteiger partial charge in [0.25, 0.3) is 0 Å². The van der Waals surface area contributed by atoms with E-state index in [0.29, 0.717) is 21.2 Å². The van der Waals surface area contributed by atoms with E-state index in [1.807, 2.05) is 42.5 Å². The average Bonchev–Trinajstić information content (AvgIpc) is 3.31. The highest BCUT2D eigenvalue weighted by Gasteiger charge is 2.34. The number of benzene rings is 9. The molecule has 1 aliphatic rings. The van der Waals surface area contributed by atoms with E-state index in [9.17, 15) is 8.42 Å². The lowest BCUT2D eigenvalue weighted by Gasteiger charge is -2.33. The summed E-state index contributed by atoms with van der Waals surface area (Å²) in [4.78, 5) is 4.99. The molecule has 0 fully saturated rings. The minimum absolute atomic E-state index is 0.303. The quantitative estimate of drug-likeness (QED) is 0.154. The Morgan fingerprint density at radius 1 is 0.305 bits per heavy atom. The first-order valence-corrected chi connectivity index (χ1v) is 21.1. The van der Waals surface area contributed by atoms with Gasteiger partial charge in [0.1, 0.15) is 0 Å². The Balaban J connectivity index is 1.08. The zero-order valence-corrected chi connectivity index (χ0v) is 32.9. The van der Waals surface area contributed by atoms with Crippen LogP contribution in [0.3, 0.4) is 0 Å². The number of anilines is 6. The topological polar surface area (TPSA) is 40.6 Å². The minimum Gasteiger partial charge on any atom is -0.310 e.